The Labute approximate surface area is 237 Å². The van der Waals surface area contributed by atoms with Crippen LogP contribution in [0.2, 0.25) is 0 Å². The second-order valence-electron chi connectivity index (χ2n) is 10.2. The van der Waals surface area contributed by atoms with Crippen LogP contribution < -0.4 is 0 Å². The van der Waals surface area contributed by atoms with Gasteiger partial charge in [0.15, 0.2) is 0 Å². The quantitative estimate of drug-likeness (QED) is 0.140. The summed E-state index contributed by atoms with van der Waals surface area (Å²) in [6, 6.07) is 23.3. The standard InChI is InChI=1S/C27H28NPS3.C3H8.C2H6/c1-27(29)14-6-8-18(9-7-15-27)28-19-10-2-3-11-21(19)30-24-17-26-25(16-20(24)28)31-22-12-4-5-13-23(22)32-26;1-3-2;1-2/h2-5,10-13,16-18H,6-9,14-15,29H2,1H3;3H2,1-2H3;1-2H3. The van der Waals surface area contributed by atoms with Gasteiger partial charge in [-0.05, 0) is 67.2 Å². The Morgan fingerprint density at radius 1 is 0.730 bits per heavy atom. The van der Waals surface area contributed by atoms with Crippen LogP contribution in [0.25, 0.3) is 39.2 Å². The number of hydrogen-bond donors (Lipinski definition) is 0. The lowest BCUT2D eigenvalue weighted by Crippen LogP contribution is -2.21. The Morgan fingerprint density at radius 2 is 1.22 bits per heavy atom. The van der Waals surface area contributed by atoms with Crippen LogP contribution in [0.4, 0.5) is 0 Å². The summed E-state index contributed by atoms with van der Waals surface area (Å²) < 4.78 is 11.1. The first-order valence-corrected chi connectivity index (χ1v) is 17.0. The van der Waals surface area contributed by atoms with Gasteiger partial charge in [0.05, 0.1) is 20.4 Å². The highest BCUT2D eigenvalue weighted by molar-refractivity contribution is 7.36. The van der Waals surface area contributed by atoms with E-state index in [0.29, 0.717) is 11.2 Å². The molecule has 0 bridgehead atoms. The molecule has 2 aromatic heterocycles. The van der Waals surface area contributed by atoms with Gasteiger partial charge in [-0.3, -0.25) is 0 Å². The van der Waals surface area contributed by atoms with Crippen LogP contribution in [0.15, 0.2) is 60.7 Å². The molecule has 1 fully saturated rings. The van der Waals surface area contributed by atoms with Gasteiger partial charge in [0.1, 0.15) is 0 Å². The number of fused-ring (bicyclic) bond motifs is 4. The first kappa shape index (κ1) is 28.6. The summed E-state index contributed by atoms with van der Waals surface area (Å²) in [6.07, 6.45) is 9.00. The van der Waals surface area contributed by atoms with Gasteiger partial charge in [0.2, 0.25) is 0 Å². The van der Waals surface area contributed by atoms with Gasteiger partial charge in [-0.25, -0.2) is 0 Å². The molecule has 198 valence electrons. The maximum Gasteiger partial charge on any atom is 0.0604 e. The predicted octanol–water partition coefficient (Wildman–Crippen LogP) is 12.4. The average Bonchev–Trinajstić information content (AvgIpc) is 2.89. The number of hydrogen-bond acceptors (Lipinski definition) is 3. The third kappa shape index (κ3) is 6.59. The highest BCUT2D eigenvalue weighted by atomic mass is 32.1. The SMILES string of the molecule is CC.CC1(P)CCCC(n2c3ccccc3sc3cc4sc5ccccc5sc4cc32)CCC1.CCC. The van der Waals surface area contributed by atoms with Gasteiger partial charge in [-0.2, -0.15) is 0 Å². The van der Waals surface area contributed by atoms with Crippen LogP contribution in [0.3, 0.4) is 0 Å². The lowest BCUT2D eigenvalue weighted by Gasteiger charge is -2.32. The fourth-order valence-electron chi connectivity index (χ4n) is 5.21. The number of benzene rings is 3. The normalized spacial score (nSPS) is 20.0. The van der Waals surface area contributed by atoms with Crippen LogP contribution in [-0.4, -0.2) is 9.72 Å². The molecule has 0 amide bonds. The molecule has 0 N–H and O–H groups in total. The van der Waals surface area contributed by atoms with Crippen molar-refractivity contribution in [3.63, 3.8) is 0 Å². The van der Waals surface area contributed by atoms with Crippen molar-refractivity contribution < 1.29 is 0 Å². The van der Waals surface area contributed by atoms with Gasteiger partial charge in [-0.15, -0.1) is 43.3 Å². The molecule has 37 heavy (non-hydrogen) atoms. The van der Waals surface area contributed by atoms with Crippen molar-refractivity contribution in [2.75, 3.05) is 0 Å². The molecule has 0 aliphatic heterocycles. The van der Waals surface area contributed by atoms with E-state index in [1.807, 2.05) is 47.9 Å². The summed E-state index contributed by atoms with van der Waals surface area (Å²) in [5.74, 6) is 0. The number of aromatic nitrogens is 1. The van der Waals surface area contributed by atoms with Crippen molar-refractivity contribution in [3.8, 4) is 0 Å². The van der Waals surface area contributed by atoms with Crippen LogP contribution in [-0.2, 0) is 0 Å². The molecule has 1 aliphatic rings. The second-order valence-corrected chi connectivity index (χ2v) is 14.8. The van der Waals surface area contributed by atoms with Crippen molar-refractivity contribution in [1.29, 1.82) is 0 Å². The Balaban J connectivity index is 0.000000599. The van der Waals surface area contributed by atoms with E-state index in [4.69, 9.17) is 0 Å². The minimum absolute atomic E-state index is 0.416. The highest BCUT2D eigenvalue weighted by Gasteiger charge is 2.24. The van der Waals surface area contributed by atoms with Crippen LogP contribution >= 0.6 is 43.3 Å². The van der Waals surface area contributed by atoms with E-state index >= 15 is 0 Å². The Kier molecular flexibility index (Phi) is 10.1. The first-order chi connectivity index (χ1) is 18.0. The van der Waals surface area contributed by atoms with Gasteiger partial charge in [0.25, 0.3) is 0 Å². The maximum absolute atomic E-state index is 3.13. The highest BCUT2D eigenvalue weighted by Crippen LogP contribution is 2.42. The smallest absolute Gasteiger partial charge is 0.0604 e. The van der Waals surface area contributed by atoms with E-state index in [-0.39, 0.29) is 0 Å². The molecule has 1 unspecified atom stereocenters. The Morgan fingerprint density at radius 3 is 1.81 bits per heavy atom. The number of nitrogens with zero attached hydrogens (tertiary/aromatic N) is 1. The van der Waals surface area contributed by atoms with E-state index in [0.717, 1.165) is 0 Å². The van der Waals surface area contributed by atoms with Crippen molar-refractivity contribution in [2.24, 2.45) is 0 Å². The second kappa shape index (κ2) is 13.1. The molecule has 1 saturated carbocycles. The van der Waals surface area contributed by atoms with Gasteiger partial charge >= 0.3 is 0 Å². The fraction of sp³-hybridized carbons (Fsp3) is 0.438. The average molecular weight is 568 g/mol. The number of para-hydroxylation sites is 1. The van der Waals surface area contributed by atoms with Crippen LogP contribution in [0.1, 0.15) is 85.6 Å². The van der Waals surface area contributed by atoms with E-state index in [9.17, 15) is 0 Å². The zero-order chi connectivity index (χ0) is 26.4. The molecule has 6 rings (SSSR count). The monoisotopic (exact) mass is 567 g/mol. The topological polar surface area (TPSA) is 4.93 Å². The molecule has 1 nitrogen and oxygen atoms in total. The molecule has 0 spiro atoms. The van der Waals surface area contributed by atoms with Crippen molar-refractivity contribution in [2.45, 2.75) is 90.8 Å². The summed E-state index contributed by atoms with van der Waals surface area (Å²) in [7, 11) is 3.13. The largest absolute Gasteiger partial charge is 0.336 e. The molecular formula is C32H42NPS3. The maximum atomic E-state index is 3.13. The zero-order valence-corrected chi connectivity index (χ0v) is 26.7. The summed E-state index contributed by atoms with van der Waals surface area (Å²) in [6.45, 7) is 10.7. The molecule has 5 aromatic rings. The van der Waals surface area contributed by atoms with E-state index in [2.05, 4.69) is 95.2 Å². The summed E-state index contributed by atoms with van der Waals surface area (Å²) in [5, 5.41) is 0.416. The molecule has 1 atom stereocenters. The molecular weight excluding hydrogens is 526 g/mol. The molecule has 5 heteroatoms. The molecule has 0 saturated heterocycles. The van der Waals surface area contributed by atoms with E-state index < -0.39 is 0 Å². The summed E-state index contributed by atoms with van der Waals surface area (Å²) in [4.78, 5) is 0. The molecule has 3 aromatic carbocycles. The molecule has 0 radical (unpaired) electrons. The molecule has 1 aliphatic carbocycles. The van der Waals surface area contributed by atoms with Gasteiger partial charge in [0, 0.05) is 24.8 Å². The summed E-state index contributed by atoms with van der Waals surface area (Å²) in [5.41, 5.74) is 2.82. The van der Waals surface area contributed by atoms with Crippen LogP contribution in [0, 0.1) is 0 Å². The van der Waals surface area contributed by atoms with Crippen molar-refractivity contribution in [1.82, 2.24) is 4.57 Å². The predicted molar refractivity (Wildman–Crippen MR) is 178 cm³/mol. The Bertz CT molecular complexity index is 1490. The lowest BCUT2D eigenvalue weighted by molar-refractivity contribution is 0.355. The Hall–Kier alpha value is -1.45. The minimum atomic E-state index is 0.416. The van der Waals surface area contributed by atoms with Crippen LogP contribution in [0.5, 0.6) is 0 Å². The molecule has 2 heterocycles. The third-order valence-corrected chi connectivity index (χ3v) is 11.1. The van der Waals surface area contributed by atoms with E-state index in [1.165, 1.54) is 84.2 Å². The van der Waals surface area contributed by atoms with Crippen molar-refractivity contribution >= 4 is 82.5 Å². The number of rotatable bonds is 1. The van der Waals surface area contributed by atoms with Gasteiger partial charge < -0.3 is 4.57 Å². The van der Waals surface area contributed by atoms with E-state index in [1.54, 1.807) is 0 Å². The minimum Gasteiger partial charge on any atom is -0.336 e. The lowest BCUT2D eigenvalue weighted by atomic mass is 9.89. The zero-order valence-electron chi connectivity index (χ0n) is 23.0. The van der Waals surface area contributed by atoms with Crippen molar-refractivity contribution in [3.05, 3.63) is 60.7 Å². The summed E-state index contributed by atoms with van der Waals surface area (Å²) >= 11 is 5.80. The fourth-order valence-corrected chi connectivity index (χ4v) is 9.06. The first-order valence-electron chi connectivity index (χ1n) is 14.0. The third-order valence-electron chi connectivity index (χ3n) is 6.85. The van der Waals surface area contributed by atoms with Gasteiger partial charge in [-0.1, -0.05) is 78.1 Å².